The van der Waals surface area contributed by atoms with Crippen molar-refractivity contribution in [2.75, 3.05) is 24.2 Å². The predicted molar refractivity (Wildman–Crippen MR) is 109 cm³/mol. The van der Waals surface area contributed by atoms with Gasteiger partial charge in [0.15, 0.2) is 0 Å². The van der Waals surface area contributed by atoms with E-state index >= 15 is 0 Å². The molecule has 0 radical (unpaired) electrons. The Balaban J connectivity index is 1.96. The van der Waals surface area contributed by atoms with Crippen molar-refractivity contribution in [3.05, 3.63) is 64.2 Å². The molecule has 10 heteroatoms. The Morgan fingerprint density at radius 2 is 1.93 bits per heavy atom. The second-order valence-electron chi connectivity index (χ2n) is 6.30. The van der Waals surface area contributed by atoms with E-state index in [9.17, 15) is 23.3 Å². The number of nitro groups is 1. The summed E-state index contributed by atoms with van der Waals surface area (Å²) in [5.74, 6) is 0.435. The average Bonchev–Trinajstić information content (AvgIpc) is 2.69. The van der Waals surface area contributed by atoms with Gasteiger partial charge in [0.05, 0.1) is 24.0 Å². The lowest BCUT2D eigenvalue weighted by Gasteiger charge is -2.22. The minimum absolute atomic E-state index is 0.0298. The van der Waals surface area contributed by atoms with Crippen LogP contribution in [-0.4, -0.2) is 39.2 Å². The summed E-state index contributed by atoms with van der Waals surface area (Å²) in [5, 5.41) is 13.7. The van der Waals surface area contributed by atoms with Crippen LogP contribution in [-0.2, 0) is 21.4 Å². The molecule has 2 aromatic carbocycles. The van der Waals surface area contributed by atoms with Crippen LogP contribution >= 0.6 is 0 Å². The van der Waals surface area contributed by atoms with Crippen LogP contribution in [0.5, 0.6) is 5.75 Å². The number of non-ortho nitro benzene ring substituents is 1. The van der Waals surface area contributed by atoms with Gasteiger partial charge >= 0.3 is 0 Å². The molecule has 156 valence electrons. The highest BCUT2D eigenvalue weighted by molar-refractivity contribution is 7.92. The van der Waals surface area contributed by atoms with Gasteiger partial charge in [-0.05, 0) is 18.6 Å². The number of hydrogen-bond donors (Lipinski definition) is 1. The summed E-state index contributed by atoms with van der Waals surface area (Å²) in [7, 11) is -2.11. The molecule has 0 heterocycles. The van der Waals surface area contributed by atoms with E-state index < -0.39 is 14.9 Å². The first-order chi connectivity index (χ1) is 13.7. The SMILES string of the molecule is COc1ccccc1CNC(=O)CCCN(c1cccc([N+](=O)[O-])c1)S(C)(=O)=O. The fourth-order valence-corrected chi connectivity index (χ4v) is 3.72. The van der Waals surface area contributed by atoms with Crippen LogP contribution in [0.2, 0.25) is 0 Å². The average molecular weight is 421 g/mol. The van der Waals surface area contributed by atoms with Gasteiger partial charge in [-0.25, -0.2) is 8.42 Å². The van der Waals surface area contributed by atoms with E-state index in [1.165, 1.54) is 24.3 Å². The molecule has 0 atom stereocenters. The number of nitrogens with zero attached hydrogens (tertiary/aromatic N) is 2. The van der Waals surface area contributed by atoms with Gasteiger partial charge < -0.3 is 10.1 Å². The molecule has 29 heavy (non-hydrogen) atoms. The normalized spacial score (nSPS) is 11.0. The monoisotopic (exact) mass is 421 g/mol. The maximum atomic E-state index is 12.1. The fourth-order valence-electron chi connectivity index (χ4n) is 2.76. The van der Waals surface area contributed by atoms with Gasteiger partial charge in [0.2, 0.25) is 15.9 Å². The Morgan fingerprint density at radius 3 is 2.59 bits per heavy atom. The van der Waals surface area contributed by atoms with Crippen molar-refractivity contribution in [1.29, 1.82) is 0 Å². The number of nitrogens with one attached hydrogen (secondary N) is 1. The highest BCUT2D eigenvalue weighted by Gasteiger charge is 2.19. The van der Waals surface area contributed by atoms with Crippen LogP contribution in [0, 0.1) is 10.1 Å². The van der Waals surface area contributed by atoms with Crippen LogP contribution in [0.25, 0.3) is 0 Å². The number of para-hydroxylation sites is 1. The molecule has 0 aromatic heterocycles. The van der Waals surface area contributed by atoms with E-state index in [1.54, 1.807) is 13.2 Å². The van der Waals surface area contributed by atoms with E-state index in [0.717, 1.165) is 16.1 Å². The third-order valence-corrected chi connectivity index (χ3v) is 5.36. The second kappa shape index (κ2) is 9.87. The Bertz CT molecular complexity index is 977. The van der Waals surface area contributed by atoms with E-state index in [4.69, 9.17) is 4.74 Å². The number of hydrogen-bond acceptors (Lipinski definition) is 6. The fraction of sp³-hybridized carbons (Fsp3) is 0.316. The van der Waals surface area contributed by atoms with Gasteiger partial charge in [0.1, 0.15) is 5.75 Å². The van der Waals surface area contributed by atoms with Crippen LogP contribution in [0.1, 0.15) is 18.4 Å². The zero-order chi connectivity index (χ0) is 21.4. The lowest BCUT2D eigenvalue weighted by molar-refractivity contribution is -0.384. The van der Waals surface area contributed by atoms with Crippen molar-refractivity contribution < 1.29 is 22.9 Å². The second-order valence-corrected chi connectivity index (χ2v) is 8.21. The maximum Gasteiger partial charge on any atom is 0.271 e. The summed E-state index contributed by atoms with van der Waals surface area (Å²) in [6.45, 7) is 0.325. The summed E-state index contributed by atoms with van der Waals surface area (Å²) in [4.78, 5) is 22.5. The zero-order valence-electron chi connectivity index (χ0n) is 16.2. The van der Waals surface area contributed by atoms with Crippen LogP contribution in [0.4, 0.5) is 11.4 Å². The van der Waals surface area contributed by atoms with Crippen molar-refractivity contribution in [3.8, 4) is 5.75 Å². The quantitative estimate of drug-likeness (QED) is 0.465. The molecule has 0 fully saturated rings. The van der Waals surface area contributed by atoms with Crippen molar-refractivity contribution in [3.63, 3.8) is 0 Å². The van der Waals surface area contributed by atoms with Gasteiger partial charge in [-0.2, -0.15) is 0 Å². The molecule has 1 N–H and O–H groups in total. The summed E-state index contributed by atoms with van der Waals surface area (Å²) < 4.78 is 30.5. The largest absolute Gasteiger partial charge is 0.496 e. The zero-order valence-corrected chi connectivity index (χ0v) is 17.0. The Morgan fingerprint density at radius 1 is 1.21 bits per heavy atom. The molecule has 0 unspecified atom stereocenters. The molecule has 0 bridgehead atoms. The Hall–Kier alpha value is -3.14. The smallest absolute Gasteiger partial charge is 0.271 e. The summed E-state index contributed by atoms with van der Waals surface area (Å²) in [6, 6.07) is 12.7. The maximum absolute atomic E-state index is 12.1. The van der Waals surface area contributed by atoms with Crippen molar-refractivity contribution in [1.82, 2.24) is 5.32 Å². The third kappa shape index (κ3) is 6.46. The van der Waals surface area contributed by atoms with Crippen molar-refractivity contribution in [2.24, 2.45) is 0 Å². The molecule has 0 saturated carbocycles. The Kier molecular flexibility index (Phi) is 7.54. The van der Waals surface area contributed by atoms with E-state index in [1.807, 2.05) is 18.2 Å². The van der Waals surface area contributed by atoms with Crippen LogP contribution < -0.4 is 14.4 Å². The first-order valence-electron chi connectivity index (χ1n) is 8.83. The number of carbonyl (C=O) groups is 1. The number of nitro benzene ring substituents is 1. The summed E-state index contributed by atoms with van der Waals surface area (Å²) >= 11 is 0. The highest BCUT2D eigenvalue weighted by Crippen LogP contribution is 2.23. The van der Waals surface area contributed by atoms with Gasteiger partial charge in [-0.1, -0.05) is 24.3 Å². The predicted octanol–water partition coefficient (Wildman–Crippen LogP) is 2.47. The lowest BCUT2D eigenvalue weighted by atomic mass is 10.2. The first kappa shape index (κ1) is 22.2. The number of amides is 1. The number of ether oxygens (including phenoxy) is 1. The van der Waals surface area contributed by atoms with Crippen molar-refractivity contribution >= 4 is 27.3 Å². The van der Waals surface area contributed by atoms with Gasteiger partial charge in [0, 0.05) is 37.2 Å². The standard InChI is InChI=1S/C19H23N3O6S/c1-28-18-10-4-3-7-15(18)14-20-19(23)11-6-12-21(29(2,26)27)16-8-5-9-17(13-16)22(24)25/h3-5,7-10,13H,6,11-12,14H2,1-2H3,(H,20,23). The summed E-state index contributed by atoms with van der Waals surface area (Å²) in [5.41, 5.74) is 0.819. The summed E-state index contributed by atoms with van der Waals surface area (Å²) in [6.07, 6.45) is 1.39. The molecule has 0 aliphatic carbocycles. The highest BCUT2D eigenvalue weighted by atomic mass is 32.2. The molecule has 1 amide bonds. The minimum Gasteiger partial charge on any atom is -0.496 e. The molecular weight excluding hydrogens is 398 g/mol. The van der Waals surface area contributed by atoms with Gasteiger partial charge in [-0.15, -0.1) is 0 Å². The third-order valence-electron chi connectivity index (χ3n) is 4.16. The molecule has 0 aliphatic heterocycles. The lowest BCUT2D eigenvalue weighted by Crippen LogP contribution is -2.32. The van der Waals surface area contributed by atoms with E-state index in [-0.39, 0.29) is 36.7 Å². The molecule has 9 nitrogen and oxygen atoms in total. The minimum atomic E-state index is -3.66. The van der Waals surface area contributed by atoms with Gasteiger partial charge in [-0.3, -0.25) is 19.2 Å². The number of rotatable bonds is 10. The van der Waals surface area contributed by atoms with E-state index in [2.05, 4.69) is 5.32 Å². The Labute approximate surface area is 169 Å². The number of benzene rings is 2. The molecule has 0 aliphatic rings. The van der Waals surface area contributed by atoms with Crippen LogP contribution in [0.15, 0.2) is 48.5 Å². The van der Waals surface area contributed by atoms with Crippen molar-refractivity contribution in [2.45, 2.75) is 19.4 Å². The van der Waals surface area contributed by atoms with Gasteiger partial charge in [0.25, 0.3) is 5.69 Å². The molecule has 0 spiro atoms. The molecule has 0 saturated heterocycles. The number of sulfonamides is 1. The van der Waals surface area contributed by atoms with Crippen LogP contribution in [0.3, 0.4) is 0 Å². The number of carbonyl (C=O) groups excluding carboxylic acids is 1. The molecular formula is C19H23N3O6S. The van der Waals surface area contributed by atoms with E-state index in [0.29, 0.717) is 12.3 Å². The molecule has 2 rings (SSSR count). The number of anilines is 1. The topological polar surface area (TPSA) is 119 Å². The molecule has 2 aromatic rings. The number of methoxy groups -OCH3 is 1. The first-order valence-corrected chi connectivity index (χ1v) is 10.7.